The van der Waals surface area contributed by atoms with Crippen molar-refractivity contribution in [3.8, 4) is 5.75 Å². The Morgan fingerprint density at radius 1 is 0.953 bits per heavy atom. The number of ether oxygens (including phenoxy) is 1. The minimum atomic E-state index is -4.49. The maximum atomic E-state index is 14.4. The van der Waals surface area contributed by atoms with Gasteiger partial charge in [-0.2, -0.15) is 22.7 Å². The lowest BCUT2D eigenvalue weighted by molar-refractivity contribution is -0.123. The van der Waals surface area contributed by atoms with Crippen molar-refractivity contribution in [2.75, 3.05) is 32.8 Å². The Bertz CT molecular complexity index is 1550. The van der Waals surface area contributed by atoms with E-state index in [2.05, 4.69) is 20.8 Å². The molecule has 0 aliphatic rings. The summed E-state index contributed by atoms with van der Waals surface area (Å²) in [6.45, 7) is 1.61. The number of fused-ring (bicyclic) bond motifs is 1. The summed E-state index contributed by atoms with van der Waals surface area (Å²) in [7, 11) is 0. The van der Waals surface area contributed by atoms with Crippen molar-refractivity contribution in [3.05, 3.63) is 108 Å². The molecule has 0 bridgehead atoms. The lowest BCUT2D eigenvalue weighted by Gasteiger charge is -2.19. The molecule has 0 aliphatic heterocycles. The van der Waals surface area contributed by atoms with Crippen LogP contribution in [0.3, 0.4) is 0 Å². The van der Waals surface area contributed by atoms with E-state index in [0.717, 1.165) is 0 Å². The predicted molar refractivity (Wildman–Crippen MR) is 158 cm³/mol. The van der Waals surface area contributed by atoms with E-state index in [4.69, 9.17) is 9.84 Å². The number of carbonyl (C=O) groups excluding carboxylic acids is 1. The summed E-state index contributed by atoms with van der Waals surface area (Å²) in [5, 5.41) is 20.8. The number of aliphatic hydroxyl groups is 1. The van der Waals surface area contributed by atoms with Crippen LogP contribution >= 0.6 is 0 Å². The molecular formula is C32H32F4N4O3. The Hall–Kier alpha value is -4.48. The summed E-state index contributed by atoms with van der Waals surface area (Å²) in [6.07, 6.45) is -1.89. The lowest BCUT2D eigenvalue weighted by atomic mass is 9.87. The van der Waals surface area contributed by atoms with Gasteiger partial charge in [0.2, 0.25) is 11.9 Å². The first-order valence-corrected chi connectivity index (χ1v) is 13.7. The molecule has 226 valence electrons. The summed E-state index contributed by atoms with van der Waals surface area (Å²) in [4.78, 5) is 11.4. The second-order valence-electron chi connectivity index (χ2n) is 9.61. The lowest BCUT2D eigenvalue weighted by Crippen LogP contribution is -2.24. The zero-order valence-corrected chi connectivity index (χ0v) is 23.3. The van der Waals surface area contributed by atoms with Gasteiger partial charge in [0.15, 0.2) is 0 Å². The summed E-state index contributed by atoms with van der Waals surface area (Å²) >= 11 is 0. The smallest absolute Gasteiger partial charge is 0.393 e. The molecule has 1 aromatic heterocycles. The average molecular weight is 597 g/mol. The van der Waals surface area contributed by atoms with Crippen LogP contribution in [-0.4, -0.2) is 60.2 Å². The van der Waals surface area contributed by atoms with Crippen LogP contribution in [0.5, 0.6) is 5.75 Å². The summed E-state index contributed by atoms with van der Waals surface area (Å²) in [5.74, 6) is -0.383. The molecule has 0 fully saturated rings. The molecule has 0 atom stereocenters. The Morgan fingerprint density at radius 3 is 2.42 bits per heavy atom. The number of aliphatic hydroxyl groups excluding tert-OH is 1. The number of carbonyl (C=O) groups is 1. The van der Waals surface area contributed by atoms with E-state index in [1.165, 1.54) is 12.1 Å². The number of hydrogen-bond acceptors (Lipinski definition) is 5. The van der Waals surface area contributed by atoms with E-state index in [0.29, 0.717) is 59.6 Å². The molecule has 0 spiro atoms. The first-order valence-electron chi connectivity index (χ1n) is 13.7. The van der Waals surface area contributed by atoms with Gasteiger partial charge in [0, 0.05) is 13.1 Å². The number of alkyl halides is 3. The number of rotatable bonds is 14. The van der Waals surface area contributed by atoms with Crippen molar-refractivity contribution < 1.29 is 32.2 Å². The van der Waals surface area contributed by atoms with Crippen LogP contribution in [0.2, 0.25) is 0 Å². The monoisotopic (exact) mass is 596 g/mol. The molecule has 4 N–H and O–H groups in total. The van der Waals surface area contributed by atoms with E-state index in [9.17, 15) is 22.4 Å². The third kappa shape index (κ3) is 9.25. The van der Waals surface area contributed by atoms with Gasteiger partial charge in [-0.15, -0.1) is 0 Å². The standard InChI is InChI=1S/C32H32F4N4O3/c33-31-26-20-24(11-14-28(26)39-40-31)30(27(21-32(34,35)36)22-6-2-1-3-7-22)23-9-12-25(13-10-23)43-19-17-37-15-5-4-8-29(42)38-16-18-41/h1-4,6-14,20,37,41H,5,15-19,21H2,(H,38,42)(H,39,40)/b8-4+,30-27+. The Morgan fingerprint density at radius 2 is 1.70 bits per heavy atom. The molecule has 7 nitrogen and oxygen atoms in total. The third-order valence-electron chi connectivity index (χ3n) is 6.46. The fourth-order valence-electron chi connectivity index (χ4n) is 4.52. The van der Waals surface area contributed by atoms with Crippen LogP contribution in [-0.2, 0) is 4.79 Å². The SMILES string of the molecule is O=C(/C=C/CCNCCOc1ccc(/C(=C(/CC(F)(F)F)c2ccccc2)c2ccc3n[nH]c(F)c3c2)cc1)NCCO. The molecule has 4 aromatic rings. The molecule has 0 aliphatic carbocycles. The Balaban J connectivity index is 1.51. The number of aromatic nitrogens is 2. The number of nitrogens with one attached hydrogen (secondary N) is 3. The van der Waals surface area contributed by atoms with E-state index in [1.807, 2.05) is 0 Å². The van der Waals surface area contributed by atoms with Crippen LogP contribution in [0.1, 0.15) is 29.5 Å². The predicted octanol–water partition coefficient (Wildman–Crippen LogP) is 5.64. The third-order valence-corrected chi connectivity index (χ3v) is 6.46. The molecule has 1 heterocycles. The second-order valence-corrected chi connectivity index (χ2v) is 9.61. The van der Waals surface area contributed by atoms with Crippen LogP contribution < -0.4 is 15.4 Å². The van der Waals surface area contributed by atoms with Gasteiger partial charge in [-0.1, -0.05) is 54.6 Å². The molecule has 0 unspecified atom stereocenters. The summed E-state index contributed by atoms with van der Waals surface area (Å²) in [5.41, 5.74) is 2.12. The van der Waals surface area contributed by atoms with Crippen LogP contribution in [0.25, 0.3) is 22.0 Å². The number of nitrogens with zero attached hydrogens (tertiary/aromatic N) is 1. The van der Waals surface area contributed by atoms with Gasteiger partial charge in [0.25, 0.3) is 0 Å². The largest absolute Gasteiger partial charge is 0.492 e. The van der Waals surface area contributed by atoms with Gasteiger partial charge in [-0.25, -0.2) is 0 Å². The van der Waals surface area contributed by atoms with Gasteiger partial charge in [-0.05, 0) is 71.1 Å². The van der Waals surface area contributed by atoms with E-state index < -0.39 is 18.5 Å². The first kappa shape index (κ1) is 31.5. The van der Waals surface area contributed by atoms with Gasteiger partial charge < -0.3 is 20.5 Å². The van der Waals surface area contributed by atoms with E-state index in [1.54, 1.807) is 72.8 Å². The molecule has 0 saturated carbocycles. The Kier molecular flexibility index (Phi) is 11.1. The molecule has 3 aromatic carbocycles. The minimum Gasteiger partial charge on any atom is -0.492 e. The quantitative estimate of drug-likeness (QED) is 0.0654. The Labute approximate surface area is 246 Å². The maximum absolute atomic E-state index is 14.4. The number of benzene rings is 3. The number of H-pyrrole nitrogens is 1. The van der Waals surface area contributed by atoms with Crippen LogP contribution in [0.15, 0.2) is 84.9 Å². The highest BCUT2D eigenvalue weighted by Crippen LogP contribution is 2.40. The topological polar surface area (TPSA) is 99.3 Å². The number of amides is 1. The number of halogens is 4. The minimum absolute atomic E-state index is 0.0640. The second kappa shape index (κ2) is 15.1. The van der Waals surface area contributed by atoms with Crippen LogP contribution in [0.4, 0.5) is 17.6 Å². The fraction of sp³-hybridized carbons (Fsp3) is 0.250. The molecule has 0 saturated heterocycles. The molecule has 0 radical (unpaired) electrons. The van der Waals surface area contributed by atoms with Crippen molar-refractivity contribution >= 4 is 28.0 Å². The zero-order chi connectivity index (χ0) is 30.7. The van der Waals surface area contributed by atoms with Crippen molar-refractivity contribution in [3.63, 3.8) is 0 Å². The van der Waals surface area contributed by atoms with Gasteiger partial charge in [-0.3, -0.25) is 9.89 Å². The molecule has 11 heteroatoms. The van der Waals surface area contributed by atoms with Crippen molar-refractivity contribution in [1.82, 2.24) is 20.8 Å². The summed E-state index contributed by atoms with van der Waals surface area (Å²) in [6, 6.07) is 19.9. The van der Waals surface area contributed by atoms with E-state index in [-0.39, 0.29) is 30.0 Å². The van der Waals surface area contributed by atoms with Gasteiger partial charge in [0.1, 0.15) is 12.4 Å². The summed E-state index contributed by atoms with van der Waals surface area (Å²) < 4.78 is 61.9. The molecule has 4 rings (SSSR count). The van der Waals surface area contributed by atoms with E-state index >= 15 is 0 Å². The highest BCUT2D eigenvalue weighted by molar-refractivity contribution is 6.00. The van der Waals surface area contributed by atoms with Gasteiger partial charge >= 0.3 is 6.18 Å². The van der Waals surface area contributed by atoms with Gasteiger partial charge in [0.05, 0.1) is 23.9 Å². The average Bonchev–Trinajstić information content (AvgIpc) is 3.37. The molecule has 43 heavy (non-hydrogen) atoms. The van der Waals surface area contributed by atoms with Crippen molar-refractivity contribution in [2.24, 2.45) is 0 Å². The highest BCUT2D eigenvalue weighted by Gasteiger charge is 2.31. The fourth-order valence-corrected chi connectivity index (χ4v) is 4.52. The normalized spacial score (nSPS) is 12.5. The first-order chi connectivity index (χ1) is 20.7. The number of aromatic amines is 1. The maximum Gasteiger partial charge on any atom is 0.393 e. The van der Waals surface area contributed by atoms with Crippen molar-refractivity contribution in [1.29, 1.82) is 0 Å². The molecular weight excluding hydrogens is 564 g/mol. The zero-order valence-electron chi connectivity index (χ0n) is 23.3. The van der Waals surface area contributed by atoms with Crippen LogP contribution in [0, 0.1) is 5.95 Å². The number of hydrogen-bond donors (Lipinski definition) is 4. The molecule has 1 amide bonds. The highest BCUT2D eigenvalue weighted by atomic mass is 19.4. The number of allylic oxidation sites excluding steroid dienone is 1. The van der Waals surface area contributed by atoms with Crippen molar-refractivity contribution in [2.45, 2.75) is 19.0 Å².